The van der Waals surface area contributed by atoms with E-state index in [1.54, 1.807) is 11.1 Å². The average molecular weight is 272 g/mol. The van der Waals surface area contributed by atoms with E-state index in [0.717, 1.165) is 23.4 Å². The summed E-state index contributed by atoms with van der Waals surface area (Å²) >= 11 is 0. The van der Waals surface area contributed by atoms with Crippen molar-refractivity contribution in [3.8, 4) is 0 Å². The topological polar surface area (TPSA) is 75.0 Å². The lowest BCUT2D eigenvalue weighted by Crippen LogP contribution is -2.33. The minimum atomic E-state index is -0.0426. The Kier molecular flexibility index (Phi) is 4.53. The first-order valence-electron chi connectivity index (χ1n) is 6.72. The second-order valence-electron chi connectivity index (χ2n) is 4.79. The van der Waals surface area contributed by atoms with Gasteiger partial charge in [-0.2, -0.15) is 5.10 Å². The molecule has 0 fully saturated rings. The van der Waals surface area contributed by atoms with Crippen LogP contribution in [0.3, 0.4) is 0 Å². The van der Waals surface area contributed by atoms with Gasteiger partial charge in [-0.25, -0.2) is 0 Å². The minimum absolute atomic E-state index is 0.0426. The number of carbonyl (C=O) groups excluding carboxylic acids is 1. The number of aromatic amines is 1. The first kappa shape index (κ1) is 14.3. The molecule has 0 saturated carbocycles. The van der Waals surface area contributed by atoms with Crippen LogP contribution < -0.4 is 10.6 Å². The SMILES string of the molecule is Cc1ccccc1N(CCCN)C(=O)c1cn[nH]c1C. The van der Waals surface area contributed by atoms with Crippen LogP contribution in [-0.4, -0.2) is 29.2 Å². The van der Waals surface area contributed by atoms with Gasteiger partial charge in [-0.3, -0.25) is 9.89 Å². The summed E-state index contributed by atoms with van der Waals surface area (Å²) in [5, 5.41) is 6.73. The van der Waals surface area contributed by atoms with Crippen LogP contribution in [0.5, 0.6) is 0 Å². The molecule has 20 heavy (non-hydrogen) atoms. The summed E-state index contributed by atoms with van der Waals surface area (Å²) in [5.74, 6) is -0.0426. The molecular weight excluding hydrogens is 252 g/mol. The standard InChI is InChI=1S/C15H20N4O/c1-11-6-3-4-7-14(11)19(9-5-8-16)15(20)13-10-17-18-12(13)2/h3-4,6-7,10H,5,8-9,16H2,1-2H3,(H,17,18). The van der Waals surface area contributed by atoms with Crippen LogP contribution in [-0.2, 0) is 0 Å². The highest BCUT2D eigenvalue weighted by Crippen LogP contribution is 2.22. The maximum Gasteiger partial charge on any atom is 0.261 e. The van der Waals surface area contributed by atoms with Crippen molar-refractivity contribution in [3.05, 3.63) is 47.3 Å². The molecule has 0 spiro atoms. The Bertz CT molecular complexity index is 591. The van der Waals surface area contributed by atoms with Gasteiger partial charge in [-0.1, -0.05) is 18.2 Å². The second-order valence-corrected chi connectivity index (χ2v) is 4.79. The van der Waals surface area contributed by atoms with E-state index in [-0.39, 0.29) is 5.91 Å². The Balaban J connectivity index is 2.35. The molecule has 0 aliphatic carbocycles. The summed E-state index contributed by atoms with van der Waals surface area (Å²) in [6.07, 6.45) is 2.34. The number of nitrogens with one attached hydrogen (secondary N) is 1. The molecule has 0 aliphatic heterocycles. The normalized spacial score (nSPS) is 10.6. The number of nitrogens with zero attached hydrogens (tertiary/aromatic N) is 2. The lowest BCUT2D eigenvalue weighted by Gasteiger charge is -2.24. The van der Waals surface area contributed by atoms with Crippen molar-refractivity contribution in [2.45, 2.75) is 20.3 Å². The zero-order chi connectivity index (χ0) is 14.5. The maximum atomic E-state index is 12.7. The highest BCUT2D eigenvalue weighted by atomic mass is 16.2. The molecule has 0 aliphatic rings. The van der Waals surface area contributed by atoms with Gasteiger partial charge in [-0.15, -0.1) is 0 Å². The highest BCUT2D eigenvalue weighted by Gasteiger charge is 2.21. The quantitative estimate of drug-likeness (QED) is 0.874. The van der Waals surface area contributed by atoms with Crippen LogP contribution in [0.1, 0.15) is 28.0 Å². The maximum absolute atomic E-state index is 12.7. The molecule has 3 N–H and O–H groups in total. The fraction of sp³-hybridized carbons (Fsp3) is 0.333. The predicted octanol–water partition coefficient (Wildman–Crippen LogP) is 2.02. The molecule has 1 heterocycles. The largest absolute Gasteiger partial charge is 0.330 e. The minimum Gasteiger partial charge on any atom is -0.330 e. The number of amides is 1. The number of aryl methyl sites for hydroxylation is 2. The summed E-state index contributed by atoms with van der Waals surface area (Å²) in [6, 6.07) is 7.86. The number of hydrogen-bond donors (Lipinski definition) is 2. The zero-order valence-corrected chi connectivity index (χ0v) is 11.9. The van der Waals surface area contributed by atoms with Gasteiger partial charge in [0.15, 0.2) is 0 Å². The molecule has 0 saturated heterocycles. The molecule has 0 unspecified atom stereocenters. The third-order valence-electron chi connectivity index (χ3n) is 3.30. The van der Waals surface area contributed by atoms with Crippen molar-refractivity contribution in [2.24, 2.45) is 5.73 Å². The monoisotopic (exact) mass is 272 g/mol. The van der Waals surface area contributed by atoms with Crippen LogP contribution in [0.2, 0.25) is 0 Å². The van der Waals surface area contributed by atoms with E-state index in [9.17, 15) is 4.79 Å². The number of para-hydroxylation sites is 1. The molecule has 106 valence electrons. The van der Waals surface area contributed by atoms with Gasteiger partial charge in [0.1, 0.15) is 0 Å². The lowest BCUT2D eigenvalue weighted by molar-refractivity contribution is 0.0986. The van der Waals surface area contributed by atoms with Gasteiger partial charge in [0.25, 0.3) is 5.91 Å². The first-order valence-corrected chi connectivity index (χ1v) is 6.72. The number of nitrogens with two attached hydrogens (primary N) is 1. The second kappa shape index (κ2) is 6.34. The van der Waals surface area contributed by atoms with Crippen LogP contribution in [0.15, 0.2) is 30.5 Å². The van der Waals surface area contributed by atoms with E-state index in [1.165, 1.54) is 0 Å². The van der Waals surface area contributed by atoms with Crippen LogP contribution in [0.25, 0.3) is 0 Å². The summed E-state index contributed by atoms with van der Waals surface area (Å²) in [4.78, 5) is 14.5. The van der Waals surface area contributed by atoms with Crippen molar-refractivity contribution in [1.82, 2.24) is 10.2 Å². The highest BCUT2D eigenvalue weighted by molar-refractivity contribution is 6.07. The molecule has 1 aromatic heterocycles. The van der Waals surface area contributed by atoms with Crippen LogP contribution in [0.4, 0.5) is 5.69 Å². The summed E-state index contributed by atoms with van der Waals surface area (Å²) in [5.41, 5.74) is 8.96. The molecule has 5 nitrogen and oxygen atoms in total. The van der Waals surface area contributed by atoms with Crippen LogP contribution >= 0.6 is 0 Å². The van der Waals surface area contributed by atoms with E-state index in [4.69, 9.17) is 5.73 Å². The number of carbonyl (C=O) groups is 1. The Labute approximate surface area is 118 Å². The van der Waals surface area contributed by atoms with Crippen molar-refractivity contribution < 1.29 is 4.79 Å². The Hall–Kier alpha value is -2.14. The fourth-order valence-corrected chi connectivity index (χ4v) is 2.16. The molecule has 5 heteroatoms. The Morgan fingerprint density at radius 1 is 1.35 bits per heavy atom. The van der Waals surface area contributed by atoms with E-state index in [1.807, 2.05) is 38.1 Å². The van der Waals surface area contributed by atoms with Gasteiger partial charge in [0, 0.05) is 17.9 Å². The lowest BCUT2D eigenvalue weighted by atomic mass is 10.1. The summed E-state index contributed by atoms with van der Waals surface area (Å²) in [7, 11) is 0. The number of H-pyrrole nitrogens is 1. The Morgan fingerprint density at radius 3 is 2.70 bits per heavy atom. The molecule has 1 amide bonds. The molecule has 0 atom stereocenters. The molecule has 2 rings (SSSR count). The number of rotatable bonds is 5. The van der Waals surface area contributed by atoms with E-state index < -0.39 is 0 Å². The Morgan fingerprint density at radius 2 is 2.10 bits per heavy atom. The first-order chi connectivity index (χ1) is 9.65. The fourth-order valence-electron chi connectivity index (χ4n) is 2.16. The van der Waals surface area contributed by atoms with Gasteiger partial charge in [-0.05, 0) is 38.4 Å². The molecule has 2 aromatic rings. The van der Waals surface area contributed by atoms with Crippen molar-refractivity contribution in [1.29, 1.82) is 0 Å². The molecule has 0 radical (unpaired) electrons. The van der Waals surface area contributed by atoms with E-state index in [2.05, 4.69) is 10.2 Å². The van der Waals surface area contributed by atoms with Crippen molar-refractivity contribution in [3.63, 3.8) is 0 Å². The molecule has 1 aromatic carbocycles. The summed E-state index contributed by atoms with van der Waals surface area (Å²) < 4.78 is 0. The number of hydrogen-bond acceptors (Lipinski definition) is 3. The van der Waals surface area contributed by atoms with Gasteiger partial charge < -0.3 is 10.6 Å². The van der Waals surface area contributed by atoms with E-state index >= 15 is 0 Å². The van der Waals surface area contributed by atoms with Crippen LogP contribution in [0, 0.1) is 13.8 Å². The third kappa shape index (κ3) is 2.88. The van der Waals surface area contributed by atoms with Gasteiger partial charge in [0.05, 0.1) is 11.8 Å². The average Bonchev–Trinajstić information content (AvgIpc) is 2.87. The number of aromatic nitrogens is 2. The number of benzene rings is 1. The smallest absolute Gasteiger partial charge is 0.261 e. The van der Waals surface area contributed by atoms with Crippen molar-refractivity contribution in [2.75, 3.05) is 18.0 Å². The van der Waals surface area contributed by atoms with Gasteiger partial charge in [0.2, 0.25) is 0 Å². The van der Waals surface area contributed by atoms with Gasteiger partial charge >= 0.3 is 0 Å². The van der Waals surface area contributed by atoms with Crippen molar-refractivity contribution >= 4 is 11.6 Å². The third-order valence-corrected chi connectivity index (χ3v) is 3.30. The zero-order valence-electron chi connectivity index (χ0n) is 11.9. The molecular formula is C15H20N4O. The molecule has 0 bridgehead atoms. The predicted molar refractivity (Wildman–Crippen MR) is 79.9 cm³/mol. The number of anilines is 1. The summed E-state index contributed by atoms with van der Waals surface area (Å²) in [6.45, 7) is 5.00. The van der Waals surface area contributed by atoms with E-state index in [0.29, 0.717) is 18.7 Å².